The van der Waals surface area contributed by atoms with Crippen molar-refractivity contribution in [2.24, 2.45) is 0 Å². The number of aryl methyl sites for hydroxylation is 2. The first kappa shape index (κ1) is 17.5. The number of fused-ring (bicyclic) bond motifs is 1. The van der Waals surface area contributed by atoms with E-state index < -0.39 is 0 Å². The van der Waals surface area contributed by atoms with Crippen LogP contribution in [0.5, 0.6) is 0 Å². The summed E-state index contributed by atoms with van der Waals surface area (Å²) in [6, 6.07) is 15.6. The first-order valence-electron chi connectivity index (χ1n) is 9.31. The number of carbonyl (C=O) groups is 1. The molecule has 0 saturated carbocycles. The third kappa shape index (κ3) is 3.55. The Labute approximate surface area is 151 Å². The zero-order valence-electron chi connectivity index (χ0n) is 15.7. The van der Waals surface area contributed by atoms with E-state index in [1.54, 1.807) is 6.92 Å². The Morgan fingerprint density at radius 2 is 1.72 bits per heavy atom. The zero-order chi connectivity index (χ0) is 18.0. The smallest absolute Gasteiger partial charge is 0.224 e. The van der Waals surface area contributed by atoms with Gasteiger partial charge in [-0.25, -0.2) is 0 Å². The first-order chi connectivity index (χ1) is 12.0. The van der Waals surface area contributed by atoms with Gasteiger partial charge in [0.1, 0.15) is 0 Å². The quantitative estimate of drug-likeness (QED) is 0.841. The number of rotatable bonds is 4. The van der Waals surface area contributed by atoms with Crippen LogP contribution in [-0.2, 0) is 17.6 Å². The van der Waals surface area contributed by atoms with E-state index in [-0.39, 0.29) is 18.0 Å². The molecule has 1 aliphatic heterocycles. The Morgan fingerprint density at radius 1 is 1.08 bits per heavy atom. The Balaban J connectivity index is 1.96. The second-order valence-electron chi connectivity index (χ2n) is 6.97. The molecule has 1 amide bonds. The number of anilines is 2. The van der Waals surface area contributed by atoms with Gasteiger partial charge in [-0.05, 0) is 61.1 Å². The van der Waals surface area contributed by atoms with Gasteiger partial charge in [0, 0.05) is 24.3 Å². The Hall–Kier alpha value is -2.29. The van der Waals surface area contributed by atoms with Crippen molar-refractivity contribution in [1.29, 1.82) is 0 Å². The van der Waals surface area contributed by atoms with E-state index in [0.29, 0.717) is 0 Å². The van der Waals surface area contributed by atoms with E-state index in [9.17, 15) is 4.79 Å². The lowest BCUT2D eigenvalue weighted by Gasteiger charge is -2.39. The molecule has 3 heteroatoms. The molecule has 0 aromatic heterocycles. The molecule has 25 heavy (non-hydrogen) atoms. The lowest BCUT2D eigenvalue weighted by molar-refractivity contribution is -0.117. The molecule has 0 spiro atoms. The molecule has 1 aliphatic rings. The van der Waals surface area contributed by atoms with Crippen molar-refractivity contribution in [3.8, 4) is 0 Å². The summed E-state index contributed by atoms with van der Waals surface area (Å²) in [5.74, 6) is 0.115. The van der Waals surface area contributed by atoms with Crippen LogP contribution in [0.2, 0.25) is 0 Å². The minimum Gasteiger partial charge on any atom is -0.378 e. The van der Waals surface area contributed by atoms with E-state index in [0.717, 1.165) is 30.6 Å². The summed E-state index contributed by atoms with van der Waals surface area (Å²) >= 11 is 0. The van der Waals surface area contributed by atoms with Crippen LogP contribution in [0.25, 0.3) is 0 Å². The average molecular weight is 336 g/mol. The van der Waals surface area contributed by atoms with E-state index in [2.05, 4.69) is 68.6 Å². The van der Waals surface area contributed by atoms with Crippen molar-refractivity contribution in [2.75, 3.05) is 10.2 Å². The monoisotopic (exact) mass is 336 g/mol. The fourth-order valence-electron chi connectivity index (χ4n) is 3.79. The number of hydrogen-bond acceptors (Lipinski definition) is 2. The van der Waals surface area contributed by atoms with Gasteiger partial charge >= 0.3 is 0 Å². The Kier molecular flexibility index (Phi) is 5.12. The maximum atomic E-state index is 12.2. The highest BCUT2D eigenvalue weighted by molar-refractivity contribution is 5.93. The third-order valence-electron chi connectivity index (χ3n) is 5.20. The van der Waals surface area contributed by atoms with E-state index in [1.165, 1.54) is 16.7 Å². The molecule has 2 aromatic rings. The fourth-order valence-corrected chi connectivity index (χ4v) is 3.79. The van der Waals surface area contributed by atoms with Gasteiger partial charge in [-0.3, -0.25) is 4.79 Å². The summed E-state index contributed by atoms with van der Waals surface area (Å²) in [6.07, 6.45) is 2.97. The predicted octanol–water partition coefficient (Wildman–Crippen LogP) is 5.11. The van der Waals surface area contributed by atoms with Crippen molar-refractivity contribution < 1.29 is 4.79 Å². The highest BCUT2D eigenvalue weighted by Gasteiger charge is 2.32. The molecular formula is C22H28N2O. The molecule has 3 nitrogen and oxygen atoms in total. The van der Waals surface area contributed by atoms with Gasteiger partial charge in [0.2, 0.25) is 5.91 Å². The predicted molar refractivity (Wildman–Crippen MR) is 105 cm³/mol. The lowest BCUT2D eigenvalue weighted by Crippen LogP contribution is -2.43. The van der Waals surface area contributed by atoms with Crippen molar-refractivity contribution in [3.63, 3.8) is 0 Å². The topological polar surface area (TPSA) is 32.3 Å². The molecule has 1 heterocycles. The summed E-state index contributed by atoms with van der Waals surface area (Å²) in [4.78, 5) is 14.1. The van der Waals surface area contributed by atoms with E-state index in [4.69, 9.17) is 0 Å². The minimum atomic E-state index is 0.115. The minimum absolute atomic E-state index is 0.115. The van der Waals surface area contributed by atoms with Crippen LogP contribution in [0, 0.1) is 0 Å². The van der Waals surface area contributed by atoms with Gasteiger partial charge in [-0.2, -0.15) is 0 Å². The normalized spacial score (nSPS) is 19.4. The number of nitrogens with zero attached hydrogens (tertiary/aromatic N) is 1. The molecule has 0 bridgehead atoms. The largest absolute Gasteiger partial charge is 0.378 e. The maximum Gasteiger partial charge on any atom is 0.224 e. The standard InChI is InChI=1S/C22H28N2O/c1-5-17-7-10-19(11-8-17)23-21-13-15(3)24(16(4)25)22-12-9-18(6-2)14-20(21)22/h7-12,14-15,21,23H,5-6,13H2,1-4H3. The molecule has 0 aliphatic carbocycles. The van der Waals surface area contributed by atoms with Gasteiger partial charge in [0.15, 0.2) is 0 Å². The summed E-state index contributed by atoms with van der Waals surface area (Å²) in [6.45, 7) is 8.13. The molecule has 0 fully saturated rings. The molecule has 0 saturated heterocycles. The van der Waals surface area contributed by atoms with Gasteiger partial charge < -0.3 is 10.2 Å². The van der Waals surface area contributed by atoms with Crippen molar-refractivity contribution in [2.45, 2.75) is 59.0 Å². The summed E-state index contributed by atoms with van der Waals surface area (Å²) in [5, 5.41) is 3.69. The Morgan fingerprint density at radius 3 is 2.32 bits per heavy atom. The summed E-state index contributed by atoms with van der Waals surface area (Å²) in [7, 11) is 0. The highest BCUT2D eigenvalue weighted by atomic mass is 16.2. The number of hydrogen-bond donors (Lipinski definition) is 1. The number of nitrogens with one attached hydrogen (secondary N) is 1. The SMILES string of the molecule is CCc1ccc(NC2CC(C)N(C(C)=O)c3ccc(CC)cc32)cc1. The third-order valence-corrected chi connectivity index (χ3v) is 5.20. The second kappa shape index (κ2) is 7.30. The molecule has 1 N–H and O–H groups in total. The van der Waals surface area contributed by atoms with Gasteiger partial charge in [-0.1, -0.05) is 38.1 Å². The highest BCUT2D eigenvalue weighted by Crippen LogP contribution is 2.39. The van der Waals surface area contributed by atoms with Crippen LogP contribution in [0.1, 0.15) is 56.8 Å². The van der Waals surface area contributed by atoms with Crippen LogP contribution >= 0.6 is 0 Å². The number of amides is 1. The second-order valence-corrected chi connectivity index (χ2v) is 6.97. The summed E-state index contributed by atoms with van der Waals surface area (Å²) < 4.78 is 0. The van der Waals surface area contributed by atoms with Crippen LogP contribution in [0.4, 0.5) is 11.4 Å². The van der Waals surface area contributed by atoms with E-state index in [1.807, 2.05) is 4.90 Å². The van der Waals surface area contributed by atoms with Crippen LogP contribution in [0.15, 0.2) is 42.5 Å². The molecule has 3 rings (SSSR count). The van der Waals surface area contributed by atoms with Crippen molar-refractivity contribution in [1.82, 2.24) is 0 Å². The Bertz CT molecular complexity index is 751. The van der Waals surface area contributed by atoms with Crippen molar-refractivity contribution >= 4 is 17.3 Å². The average Bonchev–Trinajstić information content (AvgIpc) is 2.61. The molecule has 2 unspecified atom stereocenters. The maximum absolute atomic E-state index is 12.2. The lowest BCUT2D eigenvalue weighted by atomic mass is 9.89. The molecule has 0 radical (unpaired) electrons. The van der Waals surface area contributed by atoms with Crippen molar-refractivity contribution in [3.05, 3.63) is 59.2 Å². The van der Waals surface area contributed by atoms with Crippen LogP contribution in [0.3, 0.4) is 0 Å². The fraction of sp³-hybridized carbons (Fsp3) is 0.409. The molecule has 2 aromatic carbocycles. The first-order valence-corrected chi connectivity index (χ1v) is 9.31. The van der Waals surface area contributed by atoms with Gasteiger partial charge in [0.05, 0.1) is 6.04 Å². The van der Waals surface area contributed by atoms with Gasteiger partial charge in [0.25, 0.3) is 0 Å². The molecular weight excluding hydrogens is 308 g/mol. The van der Waals surface area contributed by atoms with Crippen LogP contribution < -0.4 is 10.2 Å². The van der Waals surface area contributed by atoms with E-state index >= 15 is 0 Å². The number of benzene rings is 2. The van der Waals surface area contributed by atoms with Gasteiger partial charge in [-0.15, -0.1) is 0 Å². The van der Waals surface area contributed by atoms with Crippen LogP contribution in [-0.4, -0.2) is 11.9 Å². The zero-order valence-corrected chi connectivity index (χ0v) is 15.7. The number of carbonyl (C=O) groups excluding carboxylic acids is 1. The summed E-state index contributed by atoms with van der Waals surface area (Å²) in [5.41, 5.74) is 6.07. The molecule has 132 valence electrons. The molecule has 2 atom stereocenters.